The summed E-state index contributed by atoms with van der Waals surface area (Å²) in [7, 11) is 0. The summed E-state index contributed by atoms with van der Waals surface area (Å²) in [5.74, 6) is 0.202. The highest BCUT2D eigenvalue weighted by molar-refractivity contribution is 5.89. The summed E-state index contributed by atoms with van der Waals surface area (Å²) < 4.78 is 40.8. The summed E-state index contributed by atoms with van der Waals surface area (Å²) in [6.07, 6.45) is 1.12. The highest BCUT2D eigenvalue weighted by Crippen LogP contribution is 2.38. The predicted octanol–water partition coefficient (Wildman–Crippen LogP) is 4.47. The lowest BCUT2D eigenvalue weighted by Gasteiger charge is -2.17. The second-order valence-corrected chi connectivity index (χ2v) is 6.23. The van der Waals surface area contributed by atoms with Crippen molar-refractivity contribution in [3.8, 4) is 6.07 Å². The smallest absolute Gasteiger partial charge is 0.310 e. The summed E-state index contributed by atoms with van der Waals surface area (Å²) in [5.41, 5.74) is -1.25. The topological polar surface area (TPSA) is 69.5 Å². The standard InChI is InChI=1S/C18H16F3N3O/c1-10-23-15-8-14(18(19,20)21)12(7-11-5-3-2-4-6-11)13(9-22)16(15)17(25)24-10/h7-8H,2-6H2,1H3,(H,23,24,25). The zero-order valence-corrected chi connectivity index (χ0v) is 13.6. The SMILES string of the molecule is Cc1nc2cc(C(F)(F)F)c(C=C3CCCCC3)c(C#N)c2c(=O)[nH]1. The maximum absolute atomic E-state index is 13.6. The molecule has 0 radical (unpaired) electrons. The van der Waals surface area contributed by atoms with E-state index in [0.29, 0.717) is 12.8 Å². The van der Waals surface area contributed by atoms with Crippen LogP contribution in [0.2, 0.25) is 0 Å². The van der Waals surface area contributed by atoms with Crippen molar-refractivity contribution >= 4 is 17.0 Å². The van der Waals surface area contributed by atoms with Crippen molar-refractivity contribution in [1.29, 1.82) is 5.26 Å². The number of rotatable bonds is 1. The third kappa shape index (κ3) is 3.29. The maximum Gasteiger partial charge on any atom is 0.417 e. The van der Waals surface area contributed by atoms with Gasteiger partial charge in [-0.15, -0.1) is 0 Å². The van der Waals surface area contributed by atoms with Crippen LogP contribution in [0.1, 0.15) is 54.6 Å². The number of aromatic amines is 1. The van der Waals surface area contributed by atoms with Crippen molar-refractivity contribution in [1.82, 2.24) is 9.97 Å². The minimum Gasteiger partial charge on any atom is -0.310 e. The first kappa shape index (κ1) is 17.2. The van der Waals surface area contributed by atoms with Crippen LogP contribution in [-0.4, -0.2) is 9.97 Å². The van der Waals surface area contributed by atoms with Gasteiger partial charge in [0, 0.05) is 5.56 Å². The molecule has 0 bridgehead atoms. The van der Waals surface area contributed by atoms with Gasteiger partial charge in [0.1, 0.15) is 11.9 Å². The van der Waals surface area contributed by atoms with E-state index in [0.717, 1.165) is 30.9 Å². The Morgan fingerprint density at radius 3 is 2.56 bits per heavy atom. The second kappa shape index (κ2) is 6.36. The van der Waals surface area contributed by atoms with E-state index in [9.17, 15) is 23.2 Å². The van der Waals surface area contributed by atoms with Crippen LogP contribution in [0.3, 0.4) is 0 Å². The van der Waals surface area contributed by atoms with E-state index in [-0.39, 0.29) is 27.9 Å². The van der Waals surface area contributed by atoms with Gasteiger partial charge in [-0.25, -0.2) is 4.98 Å². The molecule has 1 aromatic heterocycles. The van der Waals surface area contributed by atoms with Gasteiger partial charge in [0.15, 0.2) is 0 Å². The molecular formula is C18H16F3N3O. The van der Waals surface area contributed by atoms with Crippen molar-refractivity contribution in [2.75, 3.05) is 0 Å². The molecule has 1 aliphatic rings. The molecule has 7 heteroatoms. The highest BCUT2D eigenvalue weighted by atomic mass is 19.4. The van der Waals surface area contributed by atoms with E-state index in [4.69, 9.17) is 0 Å². The molecule has 1 aromatic carbocycles. The van der Waals surface area contributed by atoms with Gasteiger partial charge in [-0.05, 0) is 38.7 Å². The molecule has 4 nitrogen and oxygen atoms in total. The van der Waals surface area contributed by atoms with E-state index in [1.54, 1.807) is 6.07 Å². The van der Waals surface area contributed by atoms with Crippen LogP contribution >= 0.6 is 0 Å². The number of nitriles is 1. The normalized spacial score (nSPS) is 15.2. The molecular weight excluding hydrogens is 331 g/mol. The Morgan fingerprint density at radius 1 is 1.28 bits per heavy atom. The van der Waals surface area contributed by atoms with Crippen molar-refractivity contribution < 1.29 is 13.2 Å². The van der Waals surface area contributed by atoms with Gasteiger partial charge in [0.05, 0.1) is 22.0 Å². The Labute approximate surface area is 142 Å². The van der Waals surface area contributed by atoms with E-state index in [1.165, 1.54) is 13.0 Å². The number of nitrogens with zero attached hydrogens (tertiary/aromatic N) is 2. The molecule has 0 spiro atoms. The summed E-state index contributed by atoms with van der Waals surface area (Å²) in [6.45, 7) is 1.48. The van der Waals surface area contributed by atoms with Crippen LogP contribution in [0.15, 0.2) is 16.4 Å². The average molecular weight is 347 g/mol. The summed E-state index contributed by atoms with van der Waals surface area (Å²) in [5, 5.41) is 9.41. The Balaban J connectivity index is 2.40. The molecule has 0 amide bonds. The number of benzene rings is 1. The molecule has 130 valence electrons. The lowest BCUT2D eigenvalue weighted by atomic mass is 9.89. The molecule has 0 aliphatic heterocycles. The largest absolute Gasteiger partial charge is 0.417 e. The zero-order chi connectivity index (χ0) is 18.2. The summed E-state index contributed by atoms with van der Waals surface area (Å²) in [6, 6.07) is 2.67. The van der Waals surface area contributed by atoms with Crippen molar-refractivity contribution in [2.45, 2.75) is 45.2 Å². The van der Waals surface area contributed by atoms with E-state index in [1.807, 2.05) is 0 Å². The monoisotopic (exact) mass is 347 g/mol. The fourth-order valence-electron chi connectivity index (χ4n) is 3.29. The third-order valence-corrected chi connectivity index (χ3v) is 4.42. The van der Waals surface area contributed by atoms with Gasteiger partial charge in [-0.2, -0.15) is 18.4 Å². The minimum atomic E-state index is -4.64. The quantitative estimate of drug-likeness (QED) is 0.827. The number of hydrogen-bond acceptors (Lipinski definition) is 3. The second-order valence-electron chi connectivity index (χ2n) is 6.23. The van der Waals surface area contributed by atoms with Crippen molar-refractivity contribution in [2.24, 2.45) is 0 Å². The number of hydrogen-bond donors (Lipinski definition) is 1. The van der Waals surface area contributed by atoms with E-state index in [2.05, 4.69) is 9.97 Å². The number of nitrogens with one attached hydrogen (secondary N) is 1. The Bertz CT molecular complexity index is 957. The number of aryl methyl sites for hydroxylation is 1. The first-order chi connectivity index (χ1) is 11.8. The lowest BCUT2D eigenvalue weighted by Crippen LogP contribution is -2.16. The third-order valence-electron chi connectivity index (χ3n) is 4.42. The van der Waals surface area contributed by atoms with Gasteiger partial charge < -0.3 is 4.98 Å². The van der Waals surface area contributed by atoms with Crippen LogP contribution in [0.25, 0.3) is 17.0 Å². The predicted molar refractivity (Wildman–Crippen MR) is 87.9 cm³/mol. The molecule has 3 rings (SSSR count). The van der Waals surface area contributed by atoms with Crippen LogP contribution in [-0.2, 0) is 6.18 Å². The average Bonchev–Trinajstić information content (AvgIpc) is 2.54. The summed E-state index contributed by atoms with van der Waals surface area (Å²) in [4.78, 5) is 18.7. The zero-order valence-electron chi connectivity index (χ0n) is 13.6. The van der Waals surface area contributed by atoms with E-state index < -0.39 is 17.3 Å². The molecule has 1 saturated carbocycles. The van der Waals surface area contributed by atoms with Crippen molar-refractivity contribution in [3.05, 3.63) is 44.5 Å². The Kier molecular flexibility index (Phi) is 4.38. The number of halogens is 3. The van der Waals surface area contributed by atoms with Crippen LogP contribution in [0, 0.1) is 18.3 Å². The molecule has 0 atom stereocenters. The van der Waals surface area contributed by atoms with Gasteiger partial charge >= 0.3 is 6.18 Å². The van der Waals surface area contributed by atoms with E-state index >= 15 is 0 Å². The molecule has 0 saturated heterocycles. The number of aromatic nitrogens is 2. The highest BCUT2D eigenvalue weighted by Gasteiger charge is 2.35. The molecule has 25 heavy (non-hydrogen) atoms. The molecule has 2 aromatic rings. The van der Waals surface area contributed by atoms with Crippen LogP contribution in [0.4, 0.5) is 13.2 Å². The van der Waals surface area contributed by atoms with Gasteiger partial charge in [0.2, 0.25) is 0 Å². The number of H-pyrrole nitrogens is 1. The lowest BCUT2D eigenvalue weighted by molar-refractivity contribution is -0.137. The van der Waals surface area contributed by atoms with Gasteiger partial charge in [-0.1, -0.05) is 18.1 Å². The fraction of sp³-hybridized carbons (Fsp3) is 0.389. The van der Waals surface area contributed by atoms with Crippen LogP contribution < -0.4 is 5.56 Å². The fourth-order valence-corrected chi connectivity index (χ4v) is 3.29. The molecule has 0 unspecified atom stereocenters. The van der Waals surface area contributed by atoms with Gasteiger partial charge in [0.25, 0.3) is 5.56 Å². The maximum atomic E-state index is 13.6. The minimum absolute atomic E-state index is 0.0937. The molecule has 1 aliphatic carbocycles. The molecule has 1 heterocycles. The molecule has 1 fully saturated rings. The molecule has 1 N–H and O–H groups in total. The first-order valence-electron chi connectivity index (χ1n) is 8.05. The summed E-state index contributed by atoms with van der Waals surface area (Å²) >= 11 is 0. The van der Waals surface area contributed by atoms with Gasteiger partial charge in [-0.3, -0.25) is 4.79 Å². The Hall–Kier alpha value is -2.62. The number of allylic oxidation sites excluding steroid dienone is 1. The van der Waals surface area contributed by atoms with Crippen molar-refractivity contribution in [3.63, 3.8) is 0 Å². The Morgan fingerprint density at radius 2 is 1.96 bits per heavy atom. The first-order valence-corrected chi connectivity index (χ1v) is 8.05. The number of fused-ring (bicyclic) bond motifs is 1. The number of alkyl halides is 3. The van der Waals surface area contributed by atoms with Crippen LogP contribution in [0.5, 0.6) is 0 Å².